The van der Waals surface area contributed by atoms with Gasteiger partial charge in [-0.3, -0.25) is 9.48 Å². The fraction of sp³-hybridized carbons (Fsp3) is 0.375. The first-order valence-corrected chi connectivity index (χ1v) is 7.96. The lowest BCUT2D eigenvalue weighted by atomic mass is 10.1. The highest BCUT2D eigenvalue weighted by Gasteiger charge is 2.18. The Kier molecular flexibility index (Phi) is 4.83. The summed E-state index contributed by atoms with van der Waals surface area (Å²) in [6.45, 7) is 1.92. The number of nitrogens with one attached hydrogen (secondary N) is 2. The first-order chi connectivity index (χ1) is 11.2. The van der Waals surface area contributed by atoms with Crippen LogP contribution in [-0.4, -0.2) is 35.9 Å². The summed E-state index contributed by atoms with van der Waals surface area (Å²) in [4.78, 5) is 12.4. The van der Waals surface area contributed by atoms with E-state index in [4.69, 9.17) is 16.3 Å². The summed E-state index contributed by atoms with van der Waals surface area (Å²) in [5.74, 6) is 0.270. The molecule has 6 nitrogen and oxygen atoms in total. The highest BCUT2D eigenvalue weighted by molar-refractivity contribution is 6.31. The number of halogens is 1. The van der Waals surface area contributed by atoms with Crippen molar-refractivity contribution in [3.63, 3.8) is 0 Å². The van der Waals surface area contributed by atoms with Crippen LogP contribution in [0.25, 0.3) is 0 Å². The lowest BCUT2D eigenvalue weighted by molar-refractivity contribution is 0.102. The number of ether oxygens (including phenoxy) is 1. The van der Waals surface area contributed by atoms with Gasteiger partial charge in [0.2, 0.25) is 0 Å². The minimum atomic E-state index is -0.284. The van der Waals surface area contributed by atoms with Crippen molar-refractivity contribution in [2.45, 2.75) is 18.9 Å². The SMILES string of the molecule is COc1ccc(Cl)cc1NC(=O)c1ccn(C2CCCNC2)n1. The topological polar surface area (TPSA) is 68.2 Å². The zero-order valence-electron chi connectivity index (χ0n) is 12.9. The lowest BCUT2D eigenvalue weighted by Gasteiger charge is -2.22. The Balaban J connectivity index is 1.73. The third-order valence-electron chi connectivity index (χ3n) is 3.90. The van der Waals surface area contributed by atoms with Gasteiger partial charge in [0.1, 0.15) is 5.75 Å². The van der Waals surface area contributed by atoms with E-state index < -0.39 is 0 Å². The van der Waals surface area contributed by atoms with Gasteiger partial charge in [0.05, 0.1) is 18.8 Å². The van der Waals surface area contributed by atoms with Crippen molar-refractivity contribution in [1.29, 1.82) is 0 Å². The molecule has 2 aromatic rings. The molecule has 1 saturated heterocycles. The minimum Gasteiger partial charge on any atom is -0.495 e. The van der Waals surface area contributed by atoms with E-state index in [0.717, 1.165) is 25.9 Å². The summed E-state index contributed by atoms with van der Waals surface area (Å²) < 4.78 is 7.09. The van der Waals surface area contributed by atoms with Gasteiger partial charge in [-0.2, -0.15) is 5.10 Å². The number of aromatic nitrogens is 2. The highest BCUT2D eigenvalue weighted by Crippen LogP contribution is 2.28. The van der Waals surface area contributed by atoms with E-state index >= 15 is 0 Å². The maximum absolute atomic E-state index is 12.4. The Morgan fingerprint density at radius 2 is 2.35 bits per heavy atom. The maximum Gasteiger partial charge on any atom is 0.276 e. The van der Waals surface area contributed by atoms with Crippen molar-refractivity contribution in [3.8, 4) is 5.75 Å². The molecule has 0 radical (unpaired) electrons. The van der Waals surface area contributed by atoms with Crippen LogP contribution in [0.3, 0.4) is 0 Å². The molecule has 0 bridgehead atoms. The second kappa shape index (κ2) is 7.02. The molecule has 7 heteroatoms. The minimum absolute atomic E-state index is 0.284. The highest BCUT2D eigenvalue weighted by atomic mass is 35.5. The molecule has 3 rings (SSSR count). The number of benzene rings is 1. The third-order valence-corrected chi connectivity index (χ3v) is 4.13. The second-order valence-electron chi connectivity index (χ2n) is 5.48. The molecular weight excluding hydrogens is 316 g/mol. The third kappa shape index (κ3) is 3.65. The van der Waals surface area contributed by atoms with Crippen LogP contribution in [-0.2, 0) is 0 Å². The first-order valence-electron chi connectivity index (χ1n) is 7.58. The van der Waals surface area contributed by atoms with Gasteiger partial charge in [-0.15, -0.1) is 0 Å². The Bertz CT molecular complexity index is 695. The molecule has 0 spiro atoms. The molecule has 2 N–H and O–H groups in total. The molecule has 1 unspecified atom stereocenters. The number of hydrogen-bond acceptors (Lipinski definition) is 4. The maximum atomic E-state index is 12.4. The predicted octanol–water partition coefficient (Wildman–Crippen LogP) is 2.72. The largest absolute Gasteiger partial charge is 0.495 e. The molecule has 1 aromatic heterocycles. The summed E-state index contributed by atoms with van der Waals surface area (Å²) in [5.41, 5.74) is 0.900. The van der Waals surface area contributed by atoms with Crippen molar-refractivity contribution in [1.82, 2.24) is 15.1 Å². The molecule has 1 aromatic carbocycles. The Hall–Kier alpha value is -2.05. The zero-order valence-corrected chi connectivity index (χ0v) is 13.6. The summed E-state index contributed by atoms with van der Waals surface area (Å²) in [7, 11) is 1.55. The normalized spacial score (nSPS) is 17.7. The monoisotopic (exact) mass is 334 g/mol. The fourth-order valence-corrected chi connectivity index (χ4v) is 2.86. The fourth-order valence-electron chi connectivity index (χ4n) is 2.69. The van der Waals surface area contributed by atoms with Crippen LogP contribution in [0.5, 0.6) is 5.75 Å². The number of carbonyl (C=O) groups is 1. The number of rotatable bonds is 4. The average Bonchev–Trinajstić information content (AvgIpc) is 3.06. The molecule has 122 valence electrons. The average molecular weight is 335 g/mol. The summed E-state index contributed by atoms with van der Waals surface area (Å²) in [6, 6.07) is 7.10. The van der Waals surface area contributed by atoms with Crippen molar-refractivity contribution in [3.05, 3.63) is 41.2 Å². The number of piperidine rings is 1. The molecule has 1 amide bonds. The van der Waals surface area contributed by atoms with Crippen molar-refractivity contribution in [2.24, 2.45) is 0 Å². The number of hydrogen-bond donors (Lipinski definition) is 2. The van der Waals surface area contributed by atoms with E-state index in [1.54, 1.807) is 31.4 Å². The smallest absolute Gasteiger partial charge is 0.276 e. The van der Waals surface area contributed by atoms with Gasteiger partial charge in [-0.25, -0.2) is 0 Å². The summed E-state index contributed by atoms with van der Waals surface area (Å²) >= 11 is 5.98. The van der Waals surface area contributed by atoms with Crippen molar-refractivity contribution < 1.29 is 9.53 Å². The van der Waals surface area contributed by atoms with Gasteiger partial charge >= 0.3 is 0 Å². The standard InChI is InChI=1S/C16H19ClN4O2/c1-23-15-5-4-11(17)9-14(15)19-16(22)13-6-8-21(20-13)12-3-2-7-18-10-12/h4-6,8-9,12,18H,2-3,7,10H2,1H3,(H,19,22). The predicted molar refractivity (Wildman–Crippen MR) is 89.3 cm³/mol. The second-order valence-corrected chi connectivity index (χ2v) is 5.92. The van der Waals surface area contributed by atoms with Crippen LogP contribution in [0, 0.1) is 0 Å². The number of anilines is 1. The lowest BCUT2D eigenvalue weighted by Crippen LogP contribution is -2.32. The van der Waals surface area contributed by atoms with Crippen LogP contribution < -0.4 is 15.4 Å². The first kappa shape index (κ1) is 15.8. The van der Waals surface area contributed by atoms with Gasteiger partial charge in [0, 0.05) is 17.8 Å². The van der Waals surface area contributed by atoms with E-state index in [1.807, 2.05) is 10.9 Å². The molecule has 2 heterocycles. The van der Waals surface area contributed by atoms with Crippen molar-refractivity contribution >= 4 is 23.2 Å². The molecule has 23 heavy (non-hydrogen) atoms. The van der Waals surface area contributed by atoms with E-state index in [1.165, 1.54) is 0 Å². The number of carbonyl (C=O) groups excluding carboxylic acids is 1. The van der Waals surface area contributed by atoms with E-state index in [2.05, 4.69) is 15.7 Å². The molecular formula is C16H19ClN4O2. The molecule has 1 aliphatic heterocycles. The van der Waals surface area contributed by atoms with Gasteiger partial charge in [0.15, 0.2) is 5.69 Å². The van der Waals surface area contributed by atoms with Crippen LogP contribution >= 0.6 is 11.6 Å². The zero-order chi connectivity index (χ0) is 16.2. The quantitative estimate of drug-likeness (QED) is 0.902. The van der Waals surface area contributed by atoms with Gasteiger partial charge in [-0.1, -0.05) is 11.6 Å². The van der Waals surface area contributed by atoms with E-state index in [0.29, 0.717) is 28.2 Å². The molecule has 0 aliphatic carbocycles. The molecule has 1 aliphatic rings. The van der Waals surface area contributed by atoms with E-state index in [9.17, 15) is 4.79 Å². The number of methoxy groups -OCH3 is 1. The van der Waals surface area contributed by atoms with Crippen molar-refractivity contribution in [2.75, 3.05) is 25.5 Å². The van der Waals surface area contributed by atoms with Gasteiger partial charge in [0.25, 0.3) is 5.91 Å². The Labute approximate surface area is 139 Å². The van der Waals surface area contributed by atoms with Crippen LogP contribution in [0.4, 0.5) is 5.69 Å². The van der Waals surface area contributed by atoms with Gasteiger partial charge in [-0.05, 0) is 43.7 Å². The molecule has 0 saturated carbocycles. The summed E-state index contributed by atoms with van der Waals surface area (Å²) in [5, 5.41) is 11.1. The Morgan fingerprint density at radius 1 is 1.48 bits per heavy atom. The number of amides is 1. The van der Waals surface area contributed by atoms with E-state index in [-0.39, 0.29) is 5.91 Å². The van der Waals surface area contributed by atoms with Crippen LogP contribution in [0.15, 0.2) is 30.5 Å². The molecule has 1 fully saturated rings. The Morgan fingerprint density at radius 3 is 3.09 bits per heavy atom. The summed E-state index contributed by atoms with van der Waals surface area (Å²) in [6.07, 6.45) is 4.03. The van der Waals surface area contributed by atoms with Crippen LogP contribution in [0.2, 0.25) is 5.02 Å². The molecule has 1 atom stereocenters. The van der Waals surface area contributed by atoms with Gasteiger partial charge < -0.3 is 15.4 Å². The van der Waals surface area contributed by atoms with Crippen LogP contribution in [0.1, 0.15) is 29.4 Å². The number of nitrogens with zero attached hydrogens (tertiary/aromatic N) is 2.